The summed E-state index contributed by atoms with van der Waals surface area (Å²) >= 11 is 0. The van der Waals surface area contributed by atoms with Gasteiger partial charge < -0.3 is 19.5 Å². The van der Waals surface area contributed by atoms with Gasteiger partial charge in [-0.3, -0.25) is 9.78 Å². The minimum atomic E-state index is -0.516. The Hall–Kier alpha value is -4.40. The molecule has 0 aliphatic carbocycles. The molecule has 0 radical (unpaired) electrons. The molecule has 4 rings (SSSR count). The molecule has 0 fully saturated rings. The number of methoxy groups -OCH3 is 1. The smallest absolute Gasteiger partial charge is 0.431 e. The maximum atomic E-state index is 12.7. The van der Waals surface area contributed by atoms with Crippen molar-refractivity contribution in [2.45, 2.75) is 32.9 Å². The van der Waals surface area contributed by atoms with Gasteiger partial charge in [0.15, 0.2) is 11.5 Å². The van der Waals surface area contributed by atoms with E-state index in [0.717, 1.165) is 11.1 Å². The van der Waals surface area contributed by atoms with E-state index in [1.54, 1.807) is 37.6 Å². The summed E-state index contributed by atoms with van der Waals surface area (Å²) in [6, 6.07) is 16.1. The zero-order chi connectivity index (χ0) is 25.5. The molecule has 1 aliphatic heterocycles. The zero-order valence-corrected chi connectivity index (χ0v) is 20.4. The topological polar surface area (TPSA) is 102 Å². The predicted octanol–water partition coefficient (Wildman–Crippen LogP) is 4.88. The highest BCUT2D eigenvalue weighted by molar-refractivity contribution is 6.06. The van der Waals surface area contributed by atoms with Crippen LogP contribution in [0.2, 0.25) is 0 Å². The van der Waals surface area contributed by atoms with Crippen LogP contribution in [0, 0.1) is 0 Å². The second-order valence-corrected chi connectivity index (χ2v) is 8.01. The first-order valence-electron chi connectivity index (χ1n) is 11.7. The van der Waals surface area contributed by atoms with Gasteiger partial charge in [0.2, 0.25) is 0 Å². The molecule has 0 saturated heterocycles. The minimum absolute atomic E-state index is 0.212. The monoisotopic (exact) mass is 488 g/mol. The molecule has 2 heterocycles. The summed E-state index contributed by atoms with van der Waals surface area (Å²) in [5.74, 6) is 0.970. The molecular formula is C27H28N4O5. The number of hydrazone groups is 1. The number of anilines is 1. The van der Waals surface area contributed by atoms with Crippen molar-refractivity contribution >= 4 is 23.4 Å². The Bertz CT molecular complexity index is 1240. The first-order chi connectivity index (χ1) is 17.5. The standard InChI is InChI=1S/C27H28N4O5/c1-4-22-25(19-10-13-23(35-5-2)24(15-19)34-3)30-31(27(33)36-22)17-18-8-11-21(12-9-18)29-26(32)20-7-6-14-28-16-20/h6-16,22H,4-5,17H2,1-3H3,(H,29,32). The molecule has 3 aromatic rings. The number of ether oxygens (including phenoxy) is 3. The SMILES string of the molecule is CCOc1ccc(C2=NN(Cc3ccc(NC(=O)c4cccnc4)cc3)C(=O)OC2CC)cc1OC. The Balaban J connectivity index is 1.52. The summed E-state index contributed by atoms with van der Waals surface area (Å²) in [4.78, 5) is 29.0. The number of carbonyl (C=O) groups excluding carboxylic acids is 2. The highest BCUT2D eigenvalue weighted by Crippen LogP contribution is 2.30. The summed E-state index contributed by atoms with van der Waals surface area (Å²) in [5.41, 5.74) is 3.35. The van der Waals surface area contributed by atoms with Gasteiger partial charge in [0.05, 0.1) is 25.8 Å². The molecule has 2 amide bonds. The van der Waals surface area contributed by atoms with Crippen molar-refractivity contribution in [1.29, 1.82) is 0 Å². The van der Waals surface area contributed by atoms with Crippen LogP contribution in [0.3, 0.4) is 0 Å². The van der Waals surface area contributed by atoms with E-state index in [0.29, 0.717) is 41.5 Å². The van der Waals surface area contributed by atoms with Gasteiger partial charge in [-0.2, -0.15) is 10.1 Å². The molecule has 1 N–H and O–H groups in total. The molecule has 9 nitrogen and oxygen atoms in total. The second-order valence-electron chi connectivity index (χ2n) is 8.01. The van der Waals surface area contributed by atoms with Gasteiger partial charge in [0.25, 0.3) is 5.91 Å². The normalized spacial score (nSPS) is 15.1. The van der Waals surface area contributed by atoms with E-state index >= 15 is 0 Å². The van der Waals surface area contributed by atoms with Crippen molar-refractivity contribution in [1.82, 2.24) is 9.99 Å². The lowest BCUT2D eigenvalue weighted by Crippen LogP contribution is -2.41. The van der Waals surface area contributed by atoms with Crippen molar-refractivity contribution < 1.29 is 23.8 Å². The van der Waals surface area contributed by atoms with Gasteiger partial charge in [0, 0.05) is 23.6 Å². The molecule has 1 unspecified atom stereocenters. The number of pyridine rings is 1. The first-order valence-corrected chi connectivity index (χ1v) is 11.7. The van der Waals surface area contributed by atoms with E-state index in [2.05, 4.69) is 15.4 Å². The highest BCUT2D eigenvalue weighted by atomic mass is 16.6. The Morgan fingerprint density at radius 1 is 1.11 bits per heavy atom. The maximum absolute atomic E-state index is 12.7. The summed E-state index contributed by atoms with van der Waals surface area (Å²) < 4.78 is 16.8. The van der Waals surface area contributed by atoms with E-state index in [1.165, 1.54) is 11.2 Å². The molecule has 0 bridgehead atoms. The molecule has 1 atom stereocenters. The van der Waals surface area contributed by atoms with E-state index < -0.39 is 12.2 Å². The van der Waals surface area contributed by atoms with Crippen LogP contribution in [0.4, 0.5) is 10.5 Å². The fraction of sp³-hybridized carbons (Fsp3) is 0.259. The molecule has 9 heteroatoms. The fourth-order valence-corrected chi connectivity index (χ4v) is 3.76. The molecule has 2 aromatic carbocycles. The molecule has 0 saturated carbocycles. The Morgan fingerprint density at radius 2 is 1.92 bits per heavy atom. The number of nitrogens with zero attached hydrogens (tertiary/aromatic N) is 3. The van der Waals surface area contributed by atoms with Gasteiger partial charge in [-0.05, 0) is 61.4 Å². The van der Waals surface area contributed by atoms with Crippen LogP contribution in [0.25, 0.3) is 0 Å². The lowest BCUT2D eigenvalue weighted by Gasteiger charge is -2.29. The predicted molar refractivity (Wildman–Crippen MR) is 135 cm³/mol. The van der Waals surface area contributed by atoms with Gasteiger partial charge in [-0.25, -0.2) is 4.79 Å². The number of hydrogen-bond donors (Lipinski definition) is 1. The van der Waals surface area contributed by atoms with Crippen molar-refractivity contribution in [3.63, 3.8) is 0 Å². The van der Waals surface area contributed by atoms with Gasteiger partial charge >= 0.3 is 6.09 Å². The molecular weight excluding hydrogens is 460 g/mol. The Kier molecular flexibility index (Phi) is 7.79. The largest absolute Gasteiger partial charge is 0.493 e. The van der Waals surface area contributed by atoms with Crippen LogP contribution in [0.15, 0.2) is 72.1 Å². The van der Waals surface area contributed by atoms with E-state index in [9.17, 15) is 9.59 Å². The van der Waals surface area contributed by atoms with Gasteiger partial charge in [0.1, 0.15) is 11.8 Å². The first kappa shape index (κ1) is 24.7. The van der Waals surface area contributed by atoms with Crippen molar-refractivity contribution in [2.75, 3.05) is 19.0 Å². The fourth-order valence-electron chi connectivity index (χ4n) is 3.76. The number of rotatable bonds is 9. The van der Waals surface area contributed by atoms with Crippen molar-refractivity contribution in [2.24, 2.45) is 5.10 Å². The number of hydrogen-bond acceptors (Lipinski definition) is 7. The van der Waals surface area contributed by atoms with Crippen LogP contribution in [0.1, 0.15) is 41.8 Å². The van der Waals surface area contributed by atoms with Crippen molar-refractivity contribution in [3.8, 4) is 11.5 Å². The number of benzene rings is 2. The van der Waals surface area contributed by atoms with Crippen LogP contribution in [-0.4, -0.2) is 47.5 Å². The van der Waals surface area contributed by atoms with Gasteiger partial charge in [-0.1, -0.05) is 19.1 Å². The van der Waals surface area contributed by atoms with E-state index in [4.69, 9.17) is 14.2 Å². The number of cyclic esters (lactones) is 1. The molecule has 36 heavy (non-hydrogen) atoms. The number of carbonyl (C=O) groups is 2. The summed E-state index contributed by atoms with van der Waals surface area (Å²) in [7, 11) is 1.58. The van der Waals surface area contributed by atoms with E-state index in [1.807, 2.05) is 44.2 Å². The Labute approximate surface area is 209 Å². The molecule has 1 aliphatic rings. The average Bonchev–Trinajstić information content (AvgIpc) is 2.91. The Morgan fingerprint density at radius 3 is 2.58 bits per heavy atom. The summed E-state index contributed by atoms with van der Waals surface area (Å²) in [6.45, 7) is 4.58. The zero-order valence-electron chi connectivity index (χ0n) is 20.4. The third kappa shape index (κ3) is 5.63. The quantitative estimate of drug-likeness (QED) is 0.461. The van der Waals surface area contributed by atoms with Crippen molar-refractivity contribution in [3.05, 3.63) is 83.7 Å². The maximum Gasteiger partial charge on any atom is 0.431 e. The number of amides is 2. The minimum Gasteiger partial charge on any atom is -0.493 e. The molecule has 186 valence electrons. The van der Waals surface area contributed by atoms with Crippen LogP contribution in [0.5, 0.6) is 11.5 Å². The average molecular weight is 489 g/mol. The molecule has 1 aromatic heterocycles. The highest BCUT2D eigenvalue weighted by Gasteiger charge is 2.31. The summed E-state index contributed by atoms with van der Waals surface area (Å²) in [5, 5.41) is 8.77. The third-order valence-electron chi connectivity index (χ3n) is 5.59. The van der Waals surface area contributed by atoms with Crippen LogP contribution >= 0.6 is 0 Å². The van der Waals surface area contributed by atoms with Crippen LogP contribution in [-0.2, 0) is 11.3 Å². The number of nitrogens with one attached hydrogen (secondary N) is 1. The van der Waals surface area contributed by atoms with E-state index in [-0.39, 0.29) is 12.5 Å². The number of aromatic nitrogens is 1. The lowest BCUT2D eigenvalue weighted by molar-refractivity contribution is 0.0712. The third-order valence-corrected chi connectivity index (χ3v) is 5.59. The molecule has 0 spiro atoms. The lowest BCUT2D eigenvalue weighted by atomic mass is 10.0. The van der Waals surface area contributed by atoms with Gasteiger partial charge in [-0.15, -0.1) is 0 Å². The summed E-state index contributed by atoms with van der Waals surface area (Å²) in [6.07, 6.45) is 2.71. The van der Waals surface area contributed by atoms with Crippen LogP contribution < -0.4 is 14.8 Å². The second kappa shape index (κ2) is 11.4.